The lowest BCUT2D eigenvalue weighted by Gasteiger charge is -2.31. The molecule has 0 spiro atoms. The highest BCUT2D eigenvalue weighted by Gasteiger charge is 2.18. The van der Waals surface area contributed by atoms with E-state index in [0.717, 1.165) is 43.6 Å². The fraction of sp³-hybridized carbons (Fsp3) is 0.571. The van der Waals surface area contributed by atoms with Crippen molar-refractivity contribution in [2.45, 2.75) is 26.3 Å². The van der Waals surface area contributed by atoms with E-state index in [4.69, 9.17) is 5.11 Å². The summed E-state index contributed by atoms with van der Waals surface area (Å²) in [6.45, 7) is 5.04. The number of nitrogens with zero attached hydrogens (tertiary/aromatic N) is 1. The number of aliphatic hydroxyl groups excluding tert-OH is 1. The lowest BCUT2D eigenvalue weighted by molar-refractivity contribution is 0.127. The van der Waals surface area contributed by atoms with E-state index in [0.29, 0.717) is 12.5 Å². The summed E-state index contributed by atoms with van der Waals surface area (Å²) in [5.41, 5.74) is 2.02. The Labute approximate surface area is 102 Å². The topological polar surface area (TPSA) is 23.5 Å². The third kappa shape index (κ3) is 3.51. The van der Waals surface area contributed by atoms with E-state index in [9.17, 15) is 4.39 Å². The van der Waals surface area contributed by atoms with E-state index in [1.165, 1.54) is 0 Å². The molecule has 1 aromatic carbocycles. The summed E-state index contributed by atoms with van der Waals surface area (Å²) in [6.07, 6.45) is 2.09. The Morgan fingerprint density at radius 1 is 1.29 bits per heavy atom. The molecule has 0 saturated carbocycles. The predicted molar refractivity (Wildman–Crippen MR) is 66.2 cm³/mol. The van der Waals surface area contributed by atoms with Gasteiger partial charge in [0.15, 0.2) is 0 Å². The van der Waals surface area contributed by atoms with Crippen LogP contribution in [0.3, 0.4) is 0 Å². The third-order valence-corrected chi connectivity index (χ3v) is 3.47. The van der Waals surface area contributed by atoms with Crippen LogP contribution in [0.4, 0.5) is 4.39 Å². The molecule has 2 rings (SSSR count). The minimum Gasteiger partial charge on any atom is -0.396 e. The van der Waals surface area contributed by atoms with Gasteiger partial charge in [-0.1, -0.05) is 6.07 Å². The molecule has 0 aliphatic carbocycles. The van der Waals surface area contributed by atoms with Gasteiger partial charge < -0.3 is 5.11 Å². The Bertz CT molecular complexity index is 352. The summed E-state index contributed by atoms with van der Waals surface area (Å²) in [5.74, 6) is 0.311. The molecule has 0 atom stereocenters. The van der Waals surface area contributed by atoms with Crippen LogP contribution in [0.25, 0.3) is 0 Å². The minimum absolute atomic E-state index is 0.148. The fourth-order valence-electron chi connectivity index (χ4n) is 2.49. The second-order valence-corrected chi connectivity index (χ2v) is 5.04. The number of likely N-dealkylation sites (tertiary alicyclic amines) is 1. The zero-order valence-electron chi connectivity index (χ0n) is 10.3. The number of aliphatic hydroxyl groups is 1. The van der Waals surface area contributed by atoms with Gasteiger partial charge in [-0.2, -0.15) is 0 Å². The van der Waals surface area contributed by atoms with E-state index in [1.54, 1.807) is 12.1 Å². The Morgan fingerprint density at radius 3 is 2.59 bits per heavy atom. The lowest BCUT2D eigenvalue weighted by Crippen LogP contribution is -2.34. The SMILES string of the molecule is Cc1cc(F)cc(CN2CCC(CO)CC2)c1. The highest BCUT2D eigenvalue weighted by atomic mass is 19.1. The van der Waals surface area contributed by atoms with Crippen molar-refractivity contribution in [3.63, 3.8) is 0 Å². The van der Waals surface area contributed by atoms with Crippen LogP contribution in [-0.2, 0) is 6.54 Å². The number of benzene rings is 1. The van der Waals surface area contributed by atoms with E-state index in [-0.39, 0.29) is 5.82 Å². The molecule has 1 fully saturated rings. The van der Waals surface area contributed by atoms with Crippen LogP contribution in [0.15, 0.2) is 18.2 Å². The van der Waals surface area contributed by atoms with Gasteiger partial charge in [-0.25, -0.2) is 4.39 Å². The number of piperidine rings is 1. The van der Waals surface area contributed by atoms with Crippen molar-refractivity contribution in [2.24, 2.45) is 5.92 Å². The quantitative estimate of drug-likeness (QED) is 0.872. The first-order valence-electron chi connectivity index (χ1n) is 6.26. The molecule has 1 aliphatic rings. The van der Waals surface area contributed by atoms with Crippen molar-refractivity contribution >= 4 is 0 Å². The maximum Gasteiger partial charge on any atom is 0.123 e. The van der Waals surface area contributed by atoms with Crippen LogP contribution >= 0.6 is 0 Å². The Morgan fingerprint density at radius 2 is 2.00 bits per heavy atom. The highest BCUT2D eigenvalue weighted by Crippen LogP contribution is 2.19. The first kappa shape index (κ1) is 12.5. The Hall–Kier alpha value is -0.930. The van der Waals surface area contributed by atoms with Gasteiger partial charge in [0.25, 0.3) is 0 Å². The molecule has 1 N–H and O–H groups in total. The fourth-order valence-corrected chi connectivity index (χ4v) is 2.49. The number of hydrogen-bond acceptors (Lipinski definition) is 2. The second-order valence-electron chi connectivity index (χ2n) is 5.04. The Kier molecular flexibility index (Phi) is 4.13. The first-order chi connectivity index (χ1) is 8.17. The molecule has 0 aromatic heterocycles. The van der Waals surface area contributed by atoms with Crippen LogP contribution in [0.1, 0.15) is 24.0 Å². The standard InChI is InChI=1S/C14H20FNO/c1-11-6-13(8-14(15)7-11)9-16-4-2-12(10-17)3-5-16/h6-8,12,17H,2-5,9-10H2,1H3. The van der Waals surface area contributed by atoms with Crippen molar-refractivity contribution < 1.29 is 9.50 Å². The molecule has 0 amide bonds. The second kappa shape index (κ2) is 5.61. The molecule has 1 heterocycles. The third-order valence-electron chi connectivity index (χ3n) is 3.47. The van der Waals surface area contributed by atoms with Crippen molar-refractivity contribution in [1.82, 2.24) is 4.90 Å². The highest BCUT2D eigenvalue weighted by molar-refractivity contribution is 5.23. The zero-order valence-corrected chi connectivity index (χ0v) is 10.3. The molecule has 1 aliphatic heterocycles. The van der Waals surface area contributed by atoms with Crippen LogP contribution < -0.4 is 0 Å². The average Bonchev–Trinajstić information content (AvgIpc) is 2.28. The maximum atomic E-state index is 13.2. The molecule has 0 unspecified atom stereocenters. The maximum absolute atomic E-state index is 13.2. The van der Waals surface area contributed by atoms with Crippen LogP contribution in [0.2, 0.25) is 0 Å². The van der Waals surface area contributed by atoms with E-state index >= 15 is 0 Å². The van der Waals surface area contributed by atoms with Crippen molar-refractivity contribution in [2.75, 3.05) is 19.7 Å². The smallest absolute Gasteiger partial charge is 0.123 e. The first-order valence-corrected chi connectivity index (χ1v) is 6.26. The van der Waals surface area contributed by atoms with E-state index in [1.807, 2.05) is 13.0 Å². The van der Waals surface area contributed by atoms with Crippen LogP contribution in [0, 0.1) is 18.7 Å². The zero-order chi connectivity index (χ0) is 12.3. The predicted octanol–water partition coefficient (Wildman–Crippen LogP) is 2.34. The van der Waals surface area contributed by atoms with Crippen LogP contribution in [0.5, 0.6) is 0 Å². The summed E-state index contributed by atoms with van der Waals surface area (Å²) in [7, 11) is 0. The summed E-state index contributed by atoms with van der Waals surface area (Å²) < 4.78 is 13.2. The van der Waals surface area contributed by atoms with Crippen molar-refractivity contribution in [1.29, 1.82) is 0 Å². The largest absolute Gasteiger partial charge is 0.396 e. The number of halogens is 1. The van der Waals surface area contributed by atoms with Gasteiger partial charge in [0.2, 0.25) is 0 Å². The molecule has 3 heteroatoms. The van der Waals surface area contributed by atoms with Gasteiger partial charge in [0.05, 0.1) is 0 Å². The molecule has 1 saturated heterocycles. The monoisotopic (exact) mass is 237 g/mol. The number of hydrogen-bond donors (Lipinski definition) is 1. The van der Waals surface area contributed by atoms with Gasteiger partial charge in [0.1, 0.15) is 5.82 Å². The molecule has 1 aromatic rings. The number of rotatable bonds is 3. The van der Waals surface area contributed by atoms with Gasteiger partial charge in [0, 0.05) is 13.2 Å². The molecule has 2 nitrogen and oxygen atoms in total. The van der Waals surface area contributed by atoms with Gasteiger partial charge in [-0.15, -0.1) is 0 Å². The molecular formula is C14H20FNO. The molecule has 17 heavy (non-hydrogen) atoms. The van der Waals surface area contributed by atoms with Gasteiger partial charge >= 0.3 is 0 Å². The molecular weight excluding hydrogens is 217 g/mol. The molecule has 0 bridgehead atoms. The van der Waals surface area contributed by atoms with E-state index in [2.05, 4.69) is 4.90 Å². The summed E-state index contributed by atoms with van der Waals surface area (Å²) in [4.78, 5) is 2.33. The normalized spacial score (nSPS) is 18.5. The summed E-state index contributed by atoms with van der Waals surface area (Å²) in [5, 5.41) is 9.07. The lowest BCUT2D eigenvalue weighted by atomic mass is 9.97. The molecule has 0 radical (unpaired) electrons. The van der Waals surface area contributed by atoms with Crippen molar-refractivity contribution in [3.8, 4) is 0 Å². The number of aryl methyl sites for hydroxylation is 1. The Balaban J connectivity index is 1.93. The average molecular weight is 237 g/mol. The van der Waals surface area contributed by atoms with Gasteiger partial charge in [-0.05, 0) is 62.0 Å². The summed E-state index contributed by atoms with van der Waals surface area (Å²) in [6, 6.07) is 5.22. The minimum atomic E-state index is -0.148. The summed E-state index contributed by atoms with van der Waals surface area (Å²) >= 11 is 0. The van der Waals surface area contributed by atoms with Crippen LogP contribution in [-0.4, -0.2) is 29.7 Å². The molecule has 94 valence electrons. The van der Waals surface area contributed by atoms with Crippen molar-refractivity contribution in [3.05, 3.63) is 35.1 Å². The van der Waals surface area contributed by atoms with E-state index < -0.39 is 0 Å². The van der Waals surface area contributed by atoms with Gasteiger partial charge in [-0.3, -0.25) is 4.90 Å².